The summed E-state index contributed by atoms with van der Waals surface area (Å²) in [6.07, 6.45) is 3.64. The molecule has 0 aromatic rings. The third kappa shape index (κ3) is 3.66. The molecule has 0 unspecified atom stereocenters. The third-order valence-electron chi connectivity index (χ3n) is 3.35. The maximum Gasteiger partial charge on any atom is 0.325 e. The summed E-state index contributed by atoms with van der Waals surface area (Å²) in [5.74, 6) is -1.94. The Bertz CT molecular complexity index is 303. The maximum atomic E-state index is 11.3. The van der Waals surface area contributed by atoms with Crippen molar-refractivity contribution in [3.05, 3.63) is 0 Å². The van der Waals surface area contributed by atoms with Gasteiger partial charge in [0.05, 0.1) is 0 Å². The molecule has 0 radical (unpaired) electrons. The van der Waals surface area contributed by atoms with E-state index in [2.05, 4.69) is 10.9 Å². The first kappa shape index (κ1) is 14.9. The summed E-state index contributed by atoms with van der Waals surface area (Å²) in [4.78, 5) is 22.2. The number of carboxylic acids is 2. The fraction of sp³-hybridized carbons (Fsp3) is 0.818. The van der Waals surface area contributed by atoms with E-state index < -0.39 is 23.5 Å². The second-order valence-electron chi connectivity index (χ2n) is 4.69. The van der Waals surface area contributed by atoms with Crippen molar-refractivity contribution in [3.8, 4) is 0 Å². The van der Waals surface area contributed by atoms with Crippen LogP contribution in [-0.2, 0) is 9.59 Å². The Kier molecular flexibility index (Phi) is 5.52. The molecular formula is C11H21N3O4. The number of hydrazine groups is 1. The van der Waals surface area contributed by atoms with Crippen molar-refractivity contribution in [2.45, 2.75) is 50.1 Å². The van der Waals surface area contributed by atoms with Crippen molar-refractivity contribution in [2.24, 2.45) is 5.73 Å². The van der Waals surface area contributed by atoms with Crippen molar-refractivity contribution < 1.29 is 19.8 Å². The number of nitrogens with one attached hydrogen (secondary N) is 2. The Morgan fingerprint density at radius 3 is 2.33 bits per heavy atom. The summed E-state index contributed by atoms with van der Waals surface area (Å²) in [5, 5.41) is 18.2. The van der Waals surface area contributed by atoms with Gasteiger partial charge in [0.2, 0.25) is 0 Å². The van der Waals surface area contributed by atoms with Crippen LogP contribution in [0.2, 0.25) is 0 Å². The van der Waals surface area contributed by atoms with Crippen LogP contribution in [0.15, 0.2) is 0 Å². The SMILES string of the molecule is NCCC[C@H](NNC1(C(=O)O)CCCC1)C(=O)O. The molecule has 6 N–H and O–H groups in total. The summed E-state index contributed by atoms with van der Waals surface area (Å²) in [7, 11) is 0. The van der Waals surface area contributed by atoms with Crippen LogP contribution in [0, 0.1) is 0 Å². The molecule has 0 heterocycles. The zero-order valence-corrected chi connectivity index (χ0v) is 10.3. The molecule has 1 aliphatic carbocycles. The largest absolute Gasteiger partial charge is 0.480 e. The molecule has 0 spiro atoms. The average molecular weight is 259 g/mol. The van der Waals surface area contributed by atoms with Crippen LogP contribution in [0.1, 0.15) is 38.5 Å². The van der Waals surface area contributed by atoms with E-state index >= 15 is 0 Å². The van der Waals surface area contributed by atoms with Crippen molar-refractivity contribution in [1.82, 2.24) is 10.9 Å². The molecule has 0 amide bonds. The normalized spacial score (nSPS) is 19.6. The lowest BCUT2D eigenvalue weighted by atomic mass is 9.99. The van der Waals surface area contributed by atoms with Gasteiger partial charge in [-0.25, -0.2) is 10.9 Å². The van der Waals surface area contributed by atoms with Gasteiger partial charge in [-0.15, -0.1) is 0 Å². The van der Waals surface area contributed by atoms with Crippen LogP contribution in [0.5, 0.6) is 0 Å². The minimum Gasteiger partial charge on any atom is -0.480 e. The molecule has 1 rings (SSSR count). The fourth-order valence-electron chi connectivity index (χ4n) is 2.18. The van der Waals surface area contributed by atoms with Gasteiger partial charge in [-0.2, -0.15) is 0 Å². The van der Waals surface area contributed by atoms with Gasteiger partial charge in [-0.3, -0.25) is 9.59 Å². The number of aliphatic carboxylic acids is 2. The van der Waals surface area contributed by atoms with Crippen LogP contribution in [0.3, 0.4) is 0 Å². The van der Waals surface area contributed by atoms with Crippen molar-refractivity contribution in [2.75, 3.05) is 6.54 Å². The molecule has 0 bridgehead atoms. The van der Waals surface area contributed by atoms with Gasteiger partial charge >= 0.3 is 11.9 Å². The number of hydrogen-bond acceptors (Lipinski definition) is 5. The predicted octanol–water partition coefficient (Wildman–Crippen LogP) is -0.330. The van der Waals surface area contributed by atoms with Gasteiger partial charge in [-0.05, 0) is 32.2 Å². The lowest BCUT2D eigenvalue weighted by molar-refractivity contribution is -0.147. The van der Waals surface area contributed by atoms with Crippen LogP contribution in [-0.4, -0.2) is 40.3 Å². The highest BCUT2D eigenvalue weighted by molar-refractivity contribution is 5.79. The number of rotatable bonds is 8. The maximum absolute atomic E-state index is 11.3. The fourth-order valence-corrected chi connectivity index (χ4v) is 2.18. The molecule has 1 fully saturated rings. The van der Waals surface area contributed by atoms with Crippen molar-refractivity contribution >= 4 is 11.9 Å². The highest BCUT2D eigenvalue weighted by atomic mass is 16.4. The van der Waals surface area contributed by atoms with Gasteiger partial charge in [0, 0.05) is 0 Å². The lowest BCUT2D eigenvalue weighted by Crippen LogP contribution is -2.59. The standard InChI is InChI=1S/C11H21N3O4/c12-7-3-4-8(9(15)16)13-14-11(10(17)18)5-1-2-6-11/h8,13-14H,1-7,12H2,(H,15,16)(H,17,18)/t8-/m0/s1. The van der Waals surface area contributed by atoms with Gasteiger partial charge in [0.25, 0.3) is 0 Å². The van der Waals surface area contributed by atoms with E-state index in [0.717, 1.165) is 12.8 Å². The highest BCUT2D eigenvalue weighted by Crippen LogP contribution is 2.29. The highest BCUT2D eigenvalue weighted by Gasteiger charge is 2.41. The second-order valence-corrected chi connectivity index (χ2v) is 4.69. The summed E-state index contributed by atoms with van der Waals surface area (Å²) >= 11 is 0. The molecule has 0 aliphatic heterocycles. The van der Waals surface area contributed by atoms with E-state index in [0.29, 0.717) is 32.2 Å². The van der Waals surface area contributed by atoms with E-state index in [1.807, 2.05) is 0 Å². The van der Waals surface area contributed by atoms with Crippen molar-refractivity contribution in [3.63, 3.8) is 0 Å². The lowest BCUT2D eigenvalue weighted by Gasteiger charge is -2.28. The summed E-state index contributed by atoms with van der Waals surface area (Å²) < 4.78 is 0. The first-order chi connectivity index (χ1) is 8.52. The molecule has 7 heteroatoms. The zero-order valence-electron chi connectivity index (χ0n) is 10.3. The van der Waals surface area contributed by atoms with Crippen molar-refractivity contribution in [1.29, 1.82) is 0 Å². The van der Waals surface area contributed by atoms with Gasteiger partial charge < -0.3 is 15.9 Å². The number of carboxylic acid groups (broad SMARTS) is 2. The van der Waals surface area contributed by atoms with Crippen LogP contribution < -0.4 is 16.6 Å². The smallest absolute Gasteiger partial charge is 0.325 e. The van der Waals surface area contributed by atoms with Crippen LogP contribution in [0.4, 0.5) is 0 Å². The molecule has 1 atom stereocenters. The minimum atomic E-state index is -1.03. The van der Waals surface area contributed by atoms with E-state index in [1.54, 1.807) is 0 Å². The monoisotopic (exact) mass is 259 g/mol. The Hall–Kier alpha value is -1.18. The Labute approximate surface area is 106 Å². The summed E-state index contributed by atoms with van der Waals surface area (Å²) in [5.41, 5.74) is 9.65. The van der Waals surface area contributed by atoms with Crippen LogP contribution >= 0.6 is 0 Å². The first-order valence-electron chi connectivity index (χ1n) is 6.21. The Morgan fingerprint density at radius 1 is 1.28 bits per heavy atom. The van der Waals surface area contributed by atoms with E-state index in [1.165, 1.54) is 0 Å². The van der Waals surface area contributed by atoms with Gasteiger partial charge in [0.1, 0.15) is 11.6 Å². The average Bonchev–Trinajstić information content (AvgIpc) is 2.78. The van der Waals surface area contributed by atoms with Gasteiger partial charge in [-0.1, -0.05) is 12.8 Å². The Morgan fingerprint density at radius 2 is 1.89 bits per heavy atom. The second kappa shape index (κ2) is 6.67. The van der Waals surface area contributed by atoms with Crippen LogP contribution in [0.25, 0.3) is 0 Å². The third-order valence-corrected chi connectivity index (χ3v) is 3.35. The molecule has 1 saturated carbocycles. The summed E-state index contributed by atoms with van der Waals surface area (Å²) in [6, 6.07) is -0.814. The molecule has 0 aromatic heterocycles. The van der Waals surface area contributed by atoms with E-state index in [4.69, 9.17) is 10.8 Å². The number of carbonyl (C=O) groups is 2. The Balaban J connectivity index is 2.54. The van der Waals surface area contributed by atoms with E-state index in [-0.39, 0.29) is 0 Å². The molecule has 104 valence electrons. The number of hydrogen-bond donors (Lipinski definition) is 5. The van der Waals surface area contributed by atoms with E-state index in [9.17, 15) is 14.7 Å². The molecule has 0 saturated heterocycles. The topological polar surface area (TPSA) is 125 Å². The molecule has 0 aromatic carbocycles. The quantitative estimate of drug-likeness (QED) is 0.378. The molecule has 18 heavy (non-hydrogen) atoms. The first-order valence-corrected chi connectivity index (χ1v) is 6.21. The van der Waals surface area contributed by atoms with Gasteiger partial charge in [0.15, 0.2) is 0 Å². The molecule has 7 nitrogen and oxygen atoms in total. The predicted molar refractivity (Wildman–Crippen MR) is 64.8 cm³/mol. The number of nitrogens with two attached hydrogens (primary N) is 1. The molecule has 1 aliphatic rings. The minimum absolute atomic E-state index is 0.370. The zero-order chi connectivity index (χ0) is 13.6. The molecular weight excluding hydrogens is 238 g/mol. The summed E-state index contributed by atoms with van der Waals surface area (Å²) in [6.45, 7) is 0.412.